The highest BCUT2D eigenvalue weighted by molar-refractivity contribution is 9.10. The maximum absolute atomic E-state index is 12.4. The van der Waals surface area contributed by atoms with Gasteiger partial charge in [0.25, 0.3) is 5.91 Å². The van der Waals surface area contributed by atoms with Crippen LogP contribution in [0.4, 0.5) is 11.5 Å². The van der Waals surface area contributed by atoms with E-state index in [2.05, 4.69) is 36.5 Å². The maximum atomic E-state index is 12.4. The van der Waals surface area contributed by atoms with Gasteiger partial charge in [-0.2, -0.15) is 0 Å². The molecule has 0 radical (unpaired) electrons. The van der Waals surface area contributed by atoms with Crippen LogP contribution in [0.25, 0.3) is 0 Å². The van der Waals surface area contributed by atoms with Crippen LogP contribution in [0.15, 0.2) is 65.4 Å². The van der Waals surface area contributed by atoms with Crippen LogP contribution in [0, 0.1) is 6.92 Å². The molecule has 5 nitrogen and oxygen atoms in total. The Bertz CT molecular complexity index is 884. The fourth-order valence-electron chi connectivity index (χ4n) is 2.23. The lowest BCUT2D eigenvalue weighted by Gasteiger charge is -2.09. The number of halogens is 1. The molecular weight excluding hydrogens is 380 g/mol. The van der Waals surface area contributed by atoms with Crippen LogP contribution in [0.3, 0.4) is 0 Å². The number of hydrogen-bond acceptors (Lipinski definition) is 4. The molecule has 1 aromatic carbocycles. The van der Waals surface area contributed by atoms with Gasteiger partial charge >= 0.3 is 0 Å². The van der Waals surface area contributed by atoms with Gasteiger partial charge in [-0.05, 0) is 48.9 Å². The van der Waals surface area contributed by atoms with Gasteiger partial charge in [0.05, 0.1) is 12.2 Å². The first-order chi connectivity index (χ1) is 12.1. The van der Waals surface area contributed by atoms with Crippen molar-refractivity contribution in [3.05, 3.63) is 82.2 Å². The highest BCUT2D eigenvalue weighted by atomic mass is 79.9. The van der Waals surface area contributed by atoms with E-state index in [1.165, 1.54) is 0 Å². The molecule has 6 heteroatoms. The number of carbonyl (C=O) groups is 1. The van der Waals surface area contributed by atoms with E-state index in [0.717, 1.165) is 21.4 Å². The number of pyridine rings is 2. The molecule has 0 aliphatic rings. The molecule has 2 aromatic heterocycles. The molecule has 0 unspecified atom stereocenters. The summed E-state index contributed by atoms with van der Waals surface area (Å²) in [4.78, 5) is 20.9. The number of aryl methyl sites for hydroxylation is 1. The van der Waals surface area contributed by atoms with Crippen LogP contribution >= 0.6 is 15.9 Å². The zero-order valence-corrected chi connectivity index (χ0v) is 15.2. The minimum Gasteiger partial charge on any atom is -0.364 e. The monoisotopic (exact) mass is 396 g/mol. The van der Waals surface area contributed by atoms with Crippen molar-refractivity contribution in [3.8, 4) is 0 Å². The lowest BCUT2D eigenvalue weighted by molar-refractivity contribution is 0.102. The van der Waals surface area contributed by atoms with Gasteiger partial charge in [0.15, 0.2) is 0 Å². The van der Waals surface area contributed by atoms with Crippen LogP contribution in [0.1, 0.15) is 21.6 Å². The lowest BCUT2D eigenvalue weighted by Crippen LogP contribution is -2.13. The van der Waals surface area contributed by atoms with Crippen LogP contribution in [-0.2, 0) is 6.54 Å². The van der Waals surface area contributed by atoms with Gasteiger partial charge in [-0.1, -0.05) is 28.1 Å². The van der Waals surface area contributed by atoms with Crippen molar-refractivity contribution in [1.82, 2.24) is 9.97 Å². The Morgan fingerprint density at radius 2 is 1.96 bits per heavy atom. The highest BCUT2D eigenvalue weighted by Gasteiger charge is 2.08. The molecule has 0 saturated heterocycles. The van der Waals surface area contributed by atoms with E-state index in [1.54, 1.807) is 24.5 Å². The van der Waals surface area contributed by atoms with E-state index in [-0.39, 0.29) is 5.91 Å². The normalized spacial score (nSPS) is 10.3. The summed E-state index contributed by atoms with van der Waals surface area (Å²) in [5.74, 6) is 0.447. The van der Waals surface area contributed by atoms with Crippen molar-refractivity contribution in [3.63, 3.8) is 0 Å². The fourth-order valence-corrected chi connectivity index (χ4v) is 2.60. The Morgan fingerprint density at radius 3 is 2.72 bits per heavy atom. The van der Waals surface area contributed by atoms with Gasteiger partial charge in [-0.3, -0.25) is 9.78 Å². The number of nitrogens with zero attached hydrogens (tertiary/aromatic N) is 2. The Labute approximate surface area is 154 Å². The Balaban J connectivity index is 1.67. The summed E-state index contributed by atoms with van der Waals surface area (Å²) in [7, 11) is 0. The van der Waals surface area contributed by atoms with E-state index in [0.29, 0.717) is 17.9 Å². The van der Waals surface area contributed by atoms with E-state index >= 15 is 0 Å². The molecule has 0 spiro atoms. The minimum absolute atomic E-state index is 0.181. The highest BCUT2D eigenvalue weighted by Crippen LogP contribution is 2.21. The van der Waals surface area contributed by atoms with Gasteiger partial charge in [0.2, 0.25) is 0 Å². The first kappa shape index (κ1) is 17.1. The molecule has 3 rings (SSSR count). The van der Waals surface area contributed by atoms with Gasteiger partial charge in [0, 0.05) is 28.1 Å². The summed E-state index contributed by atoms with van der Waals surface area (Å²) in [6, 6.07) is 14.8. The zero-order chi connectivity index (χ0) is 17.6. The van der Waals surface area contributed by atoms with E-state index < -0.39 is 0 Å². The first-order valence-electron chi connectivity index (χ1n) is 7.79. The lowest BCUT2D eigenvalue weighted by atomic mass is 10.2. The quantitative estimate of drug-likeness (QED) is 0.669. The van der Waals surface area contributed by atoms with E-state index in [4.69, 9.17) is 0 Å². The number of aromatic nitrogens is 2. The number of hydrogen-bond donors (Lipinski definition) is 2. The predicted molar refractivity (Wildman–Crippen MR) is 103 cm³/mol. The van der Waals surface area contributed by atoms with E-state index in [9.17, 15) is 4.79 Å². The summed E-state index contributed by atoms with van der Waals surface area (Å²) >= 11 is 3.47. The molecule has 0 saturated carbocycles. The number of amides is 1. The first-order valence-corrected chi connectivity index (χ1v) is 8.58. The van der Waals surface area contributed by atoms with Gasteiger partial charge in [-0.25, -0.2) is 4.98 Å². The molecule has 3 aromatic rings. The second-order valence-corrected chi connectivity index (χ2v) is 6.38. The number of rotatable bonds is 5. The van der Waals surface area contributed by atoms with Crippen molar-refractivity contribution < 1.29 is 4.79 Å². The SMILES string of the molecule is Cc1ccc(NC(=O)c2ccnc(NCc3ccccn3)c2)cc1Br. The van der Waals surface area contributed by atoms with Crippen molar-refractivity contribution in [2.75, 3.05) is 10.6 Å². The number of benzene rings is 1. The molecular formula is C19H17BrN4O. The topological polar surface area (TPSA) is 66.9 Å². The van der Waals surface area contributed by atoms with Crippen molar-refractivity contribution in [2.45, 2.75) is 13.5 Å². The van der Waals surface area contributed by atoms with Gasteiger partial charge in [-0.15, -0.1) is 0 Å². The Morgan fingerprint density at radius 1 is 1.08 bits per heavy atom. The number of anilines is 2. The van der Waals surface area contributed by atoms with Crippen molar-refractivity contribution in [2.24, 2.45) is 0 Å². The summed E-state index contributed by atoms with van der Waals surface area (Å²) in [5.41, 5.74) is 3.30. The Hall–Kier alpha value is -2.73. The van der Waals surface area contributed by atoms with Gasteiger partial charge < -0.3 is 10.6 Å². The molecule has 126 valence electrons. The zero-order valence-electron chi connectivity index (χ0n) is 13.7. The second-order valence-electron chi connectivity index (χ2n) is 5.52. The molecule has 0 aliphatic heterocycles. The van der Waals surface area contributed by atoms with Crippen LogP contribution in [0.5, 0.6) is 0 Å². The molecule has 2 heterocycles. The average molecular weight is 397 g/mol. The summed E-state index contributed by atoms with van der Waals surface area (Å²) < 4.78 is 0.956. The molecule has 0 atom stereocenters. The molecule has 0 fully saturated rings. The number of carbonyl (C=O) groups excluding carboxylic acids is 1. The third-order valence-corrected chi connectivity index (χ3v) is 4.48. The fraction of sp³-hybridized carbons (Fsp3) is 0.105. The van der Waals surface area contributed by atoms with Crippen LogP contribution in [0.2, 0.25) is 0 Å². The molecule has 0 aliphatic carbocycles. The predicted octanol–water partition coefficient (Wildman–Crippen LogP) is 4.41. The average Bonchev–Trinajstić information content (AvgIpc) is 2.64. The maximum Gasteiger partial charge on any atom is 0.255 e. The Kier molecular flexibility index (Phi) is 5.40. The van der Waals surface area contributed by atoms with Gasteiger partial charge in [0.1, 0.15) is 5.82 Å². The standard InChI is InChI=1S/C19H17BrN4O/c1-13-5-6-15(11-17(13)20)24-19(25)14-7-9-22-18(10-14)23-12-16-4-2-3-8-21-16/h2-11H,12H2,1H3,(H,22,23)(H,24,25). The summed E-state index contributed by atoms with van der Waals surface area (Å²) in [5, 5.41) is 6.07. The largest absolute Gasteiger partial charge is 0.364 e. The second kappa shape index (κ2) is 7.90. The minimum atomic E-state index is -0.181. The number of nitrogens with one attached hydrogen (secondary N) is 2. The molecule has 0 bridgehead atoms. The smallest absolute Gasteiger partial charge is 0.255 e. The van der Waals surface area contributed by atoms with Crippen molar-refractivity contribution in [1.29, 1.82) is 0 Å². The van der Waals surface area contributed by atoms with Crippen molar-refractivity contribution >= 4 is 33.3 Å². The third-order valence-electron chi connectivity index (χ3n) is 3.63. The summed E-state index contributed by atoms with van der Waals surface area (Å²) in [6.45, 7) is 2.54. The summed E-state index contributed by atoms with van der Waals surface area (Å²) in [6.07, 6.45) is 3.36. The third kappa shape index (κ3) is 4.64. The van der Waals surface area contributed by atoms with E-state index in [1.807, 2.05) is 43.3 Å². The molecule has 2 N–H and O–H groups in total. The van der Waals surface area contributed by atoms with Crippen LogP contribution in [-0.4, -0.2) is 15.9 Å². The molecule has 1 amide bonds. The molecule has 25 heavy (non-hydrogen) atoms. The van der Waals surface area contributed by atoms with Crippen LogP contribution < -0.4 is 10.6 Å².